The van der Waals surface area contributed by atoms with Gasteiger partial charge in [-0.25, -0.2) is 4.39 Å². The Bertz CT molecular complexity index is 519. The van der Waals surface area contributed by atoms with Gasteiger partial charge in [0.05, 0.1) is 18.4 Å². The van der Waals surface area contributed by atoms with Crippen LogP contribution in [0.4, 0.5) is 4.39 Å². The number of aromatic nitrogens is 2. The number of hydrogen-bond acceptors (Lipinski definition) is 2. The Morgan fingerprint density at radius 2 is 2.12 bits per heavy atom. The molecule has 3 rings (SSSR count). The van der Waals surface area contributed by atoms with Gasteiger partial charge in [-0.15, -0.1) is 0 Å². The lowest BCUT2D eigenvalue weighted by Crippen LogP contribution is -2.28. The van der Waals surface area contributed by atoms with Crippen LogP contribution in [0.5, 0.6) is 0 Å². The molecule has 2 heterocycles. The summed E-state index contributed by atoms with van der Waals surface area (Å²) < 4.78 is 15.6. The van der Waals surface area contributed by atoms with Crippen molar-refractivity contribution in [3.05, 3.63) is 42.0 Å². The smallest absolute Gasteiger partial charge is 0.131 e. The van der Waals surface area contributed by atoms with Crippen LogP contribution in [0.1, 0.15) is 5.69 Å². The topological polar surface area (TPSA) is 29.9 Å². The van der Waals surface area contributed by atoms with Crippen LogP contribution >= 0.6 is 0 Å². The van der Waals surface area contributed by atoms with Crippen LogP contribution in [0.2, 0.25) is 0 Å². The summed E-state index contributed by atoms with van der Waals surface area (Å²) >= 11 is 0. The molecule has 1 aromatic carbocycles. The van der Waals surface area contributed by atoms with E-state index in [9.17, 15) is 4.39 Å². The van der Waals surface area contributed by atoms with Crippen molar-refractivity contribution in [2.45, 2.75) is 13.1 Å². The summed E-state index contributed by atoms with van der Waals surface area (Å²) in [6, 6.07) is 6.82. The maximum atomic E-state index is 13.7. The first kappa shape index (κ1) is 9.54. The number of nitrogens with zero attached hydrogens (tertiary/aromatic N) is 2. The SMILES string of the molecule is Fc1ccccc1-c1cnn2c1CNCC2. The van der Waals surface area contributed by atoms with Crippen LogP contribution in [0.15, 0.2) is 30.5 Å². The minimum Gasteiger partial charge on any atom is -0.309 e. The van der Waals surface area contributed by atoms with Crippen molar-refractivity contribution in [3.63, 3.8) is 0 Å². The van der Waals surface area contributed by atoms with E-state index in [1.54, 1.807) is 18.3 Å². The summed E-state index contributed by atoms with van der Waals surface area (Å²) in [7, 11) is 0. The molecular weight excluding hydrogens is 205 g/mol. The summed E-state index contributed by atoms with van der Waals surface area (Å²) in [6.45, 7) is 2.53. The highest BCUT2D eigenvalue weighted by Gasteiger charge is 2.17. The molecule has 0 spiro atoms. The Hall–Kier alpha value is -1.68. The van der Waals surface area contributed by atoms with Gasteiger partial charge in [-0.2, -0.15) is 5.10 Å². The highest BCUT2D eigenvalue weighted by Crippen LogP contribution is 2.26. The van der Waals surface area contributed by atoms with E-state index >= 15 is 0 Å². The highest BCUT2D eigenvalue weighted by molar-refractivity contribution is 5.66. The van der Waals surface area contributed by atoms with Gasteiger partial charge >= 0.3 is 0 Å². The number of rotatable bonds is 1. The van der Waals surface area contributed by atoms with Gasteiger partial charge in [0.1, 0.15) is 5.82 Å². The lowest BCUT2D eigenvalue weighted by atomic mass is 10.1. The number of benzene rings is 1. The normalized spacial score (nSPS) is 14.8. The van der Waals surface area contributed by atoms with Gasteiger partial charge < -0.3 is 5.32 Å². The van der Waals surface area contributed by atoms with E-state index in [-0.39, 0.29) is 5.82 Å². The standard InChI is InChI=1S/C12H12FN3/c13-11-4-2-1-3-9(11)10-7-15-16-6-5-14-8-12(10)16/h1-4,7,14H,5-6,8H2. The van der Waals surface area contributed by atoms with Crippen molar-refractivity contribution in [1.29, 1.82) is 0 Å². The molecule has 0 saturated heterocycles. The first-order valence-corrected chi connectivity index (χ1v) is 5.36. The van der Waals surface area contributed by atoms with Gasteiger partial charge in [0.2, 0.25) is 0 Å². The number of nitrogens with one attached hydrogen (secondary N) is 1. The molecule has 1 aliphatic rings. The predicted octanol–water partition coefficient (Wildman–Crippen LogP) is 1.79. The average molecular weight is 217 g/mol. The van der Waals surface area contributed by atoms with Crippen molar-refractivity contribution in [2.75, 3.05) is 6.54 Å². The molecule has 0 bridgehead atoms. The monoisotopic (exact) mass is 217 g/mol. The van der Waals surface area contributed by atoms with Gasteiger partial charge in [-0.05, 0) is 6.07 Å². The molecule has 1 aliphatic heterocycles. The van der Waals surface area contributed by atoms with E-state index < -0.39 is 0 Å². The summed E-state index contributed by atoms with van der Waals surface area (Å²) in [4.78, 5) is 0. The Labute approximate surface area is 92.9 Å². The number of hydrogen-bond donors (Lipinski definition) is 1. The zero-order chi connectivity index (χ0) is 11.0. The maximum Gasteiger partial charge on any atom is 0.131 e. The molecule has 4 heteroatoms. The van der Waals surface area contributed by atoms with Crippen molar-refractivity contribution in [3.8, 4) is 11.1 Å². The van der Waals surface area contributed by atoms with Crippen molar-refractivity contribution in [2.24, 2.45) is 0 Å². The molecule has 3 nitrogen and oxygen atoms in total. The molecule has 0 amide bonds. The van der Waals surface area contributed by atoms with Crippen molar-refractivity contribution < 1.29 is 4.39 Å². The minimum absolute atomic E-state index is 0.191. The van der Waals surface area contributed by atoms with Gasteiger partial charge in [-0.1, -0.05) is 18.2 Å². The predicted molar refractivity (Wildman–Crippen MR) is 59.3 cm³/mol. The van der Waals surface area contributed by atoms with E-state index in [4.69, 9.17) is 0 Å². The average Bonchev–Trinajstić information content (AvgIpc) is 2.74. The summed E-state index contributed by atoms with van der Waals surface area (Å²) in [5, 5.41) is 7.56. The van der Waals surface area contributed by atoms with Crippen LogP contribution in [-0.4, -0.2) is 16.3 Å². The molecule has 0 radical (unpaired) electrons. The molecule has 1 aromatic heterocycles. The quantitative estimate of drug-likeness (QED) is 0.789. The van der Waals surface area contributed by atoms with E-state index in [0.717, 1.165) is 30.9 Å². The second-order valence-corrected chi connectivity index (χ2v) is 3.88. The summed E-state index contributed by atoms with van der Waals surface area (Å²) in [5.41, 5.74) is 2.59. The summed E-state index contributed by atoms with van der Waals surface area (Å²) in [6.07, 6.45) is 1.75. The van der Waals surface area contributed by atoms with E-state index in [2.05, 4.69) is 10.4 Å². The third-order valence-corrected chi connectivity index (χ3v) is 2.91. The molecule has 82 valence electrons. The minimum atomic E-state index is -0.191. The lowest BCUT2D eigenvalue weighted by Gasteiger charge is -2.16. The van der Waals surface area contributed by atoms with E-state index in [1.165, 1.54) is 6.07 Å². The largest absolute Gasteiger partial charge is 0.309 e. The highest BCUT2D eigenvalue weighted by atomic mass is 19.1. The molecule has 16 heavy (non-hydrogen) atoms. The lowest BCUT2D eigenvalue weighted by molar-refractivity contribution is 0.476. The fraction of sp³-hybridized carbons (Fsp3) is 0.250. The van der Waals surface area contributed by atoms with E-state index in [0.29, 0.717) is 5.56 Å². The third kappa shape index (κ3) is 1.42. The van der Waals surface area contributed by atoms with Crippen molar-refractivity contribution >= 4 is 0 Å². The van der Waals surface area contributed by atoms with Crippen LogP contribution in [0.3, 0.4) is 0 Å². The zero-order valence-corrected chi connectivity index (χ0v) is 8.78. The number of halogens is 1. The fourth-order valence-electron chi connectivity index (χ4n) is 2.09. The maximum absolute atomic E-state index is 13.7. The molecule has 0 aliphatic carbocycles. The molecule has 1 N–H and O–H groups in total. The second-order valence-electron chi connectivity index (χ2n) is 3.88. The van der Waals surface area contributed by atoms with E-state index in [1.807, 2.05) is 10.7 Å². The van der Waals surface area contributed by atoms with Crippen molar-refractivity contribution in [1.82, 2.24) is 15.1 Å². The molecule has 0 atom stereocenters. The Kier molecular flexibility index (Phi) is 2.22. The zero-order valence-electron chi connectivity index (χ0n) is 8.78. The van der Waals surface area contributed by atoms with Gasteiger partial charge in [0, 0.05) is 24.2 Å². The molecule has 0 fully saturated rings. The Morgan fingerprint density at radius 1 is 1.25 bits per heavy atom. The first-order chi connectivity index (χ1) is 7.86. The fourth-order valence-corrected chi connectivity index (χ4v) is 2.09. The molecular formula is C12H12FN3. The van der Waals surface area contributed by atoms with Gasteiger partial charge in [0.25, 0.3) is 0 Å². The Morgan fingerprint density at radius 3 is 3.00 bits per heavy atom. The second kappa shape index (κ2) is 3.72. The number of fused-ring (bicyclic) bond motifs is 1. The summed E-state index contributed by atoms with van der Waals surface area (Å²) in [5.74, 6) is -0.191. The molecule has 0 saturated carbocycles. The van der Waals surface area contributed by atoms with Gasteiger partial charge in [0.15, 0.2) is 0 Å². The van der Waals surface area contributed by atoms with Crippen LogP contribution in [0.25, 0.3) is 11.1 Å². The van der Waals surface area contributed by atoms with Gasteiger partial charge in [-0.3, -0.25) is 4.68 Å². The third-order valence-electron chi connectivity index (χ3n) is 2.91. The Balaban J connectivity index is 2.13. The van der Waals surface area contributed by atoms with Crippen LogP contribution in [-0.2, 0) is 13.1 Å². The molecule has 2 aromatic rings. The van der Waals surface area contributed by atoms with Crippen LogP contribution in [0, 0.1) is 5.82 Å². The van der Waals surface area contributed by atoms with Crippen LogP contribution < -0.4 is 5.32 Å². The first-order valence-electron chi connectivity index (χ1n) is 5.36. The molecule has 0 unspecified atom stereocenters.